The molecule has 0 aliphatic carbocycles. The fourth-order valence-corrected chi connectivity index (χ4v) is 2.55. The second-order valence-corrected chi connectivity index (χ2v) is 5.45. The van der Waals surface area contributed by atoms with Crippen LogP contribution in [0.15, 0.2) is 47.0 Å². The maximum atomic E-state index is 10.5. The summed E-state index contributed by atoms with van der Waals surface area (Å²) in [5.74, 6) is 0.519. The number of fused-ring (bicyclic) bond motifs is 1. The van der Waals surface area contributed by atoms with Gasteiger partial charge in [-0.25, -0.2) is 0 Å². The molecule has 0 saturated heterocycles. The van der Waals surface area contributed by atoms with Crippen molar-refractivity contribution in [2.45, 2.75) is 5.75 Å². The van der Waals surface area contributed by atoms with Crippen LogP contribution >= 0.6 is 11.8 Å². The number of hydrogen-bond acceptors (Lipinski definition) is 5. The zero-order valence-corrected chi connectivity index (χ0v) is 11.8. The molecule has 0 radical (unpaired) electrons. The summed E-state index contributed by atoms with van der Waals surface area (Å²) in [4.78, 5) is 14.7. The Morgan fingerprint density at radius 3 is 2.81 bits per heavy atom. The van der Waals surface area contributed by atoms with E-state index in [2.05, 4.69) is 10.1 Å². The van der Waals surface area contributed by atoms with Crippen molar-refractivity contribution >= 4 is 28.5 Å². The molecule has 0 atom stereocenters. The molecule has 2 aromatic carbocycles. The molecule has 0 saturated carbocycles. The second-order valence-electron chi connectivity index (χ2n) is 4.46. The second kappa shape index (κ2) is 5.97. The van der Waals surface area contributed by atoms with Crippen LogP contribution in [-0.2, 0) is 10.5 Å². The fourth-order valence-electron chi connectivity index (χ4n) is 1.98. The van der Waals surface area contributed by atoms with E-state index in [1.54, 1.807) is 0 Å². The van der Waals surface area contributed by atoms with Gasteiger partial charge in [0.05, 0.1) is 11.5 Å². The van der Waals surface area contributed by atoms with E-state index in [1.165, 1.54) is 11.8 Å². The van der Waals surface area contributed by atoms with Gasteiger partial charge in [0.25, 0.3) is 0 Å². The third-order valence-electron chi connectivity index (χ3n) is 2.93. The number of hydrogen-bond donors (Lipinski definition) is 1. The first kappa shape index (κ1) is 13.6. The summed E-state index contributed by atoms with van der Waals surface area (Å²) in [5.41, 5.74) is 0.881. The molecular formula is C15H12N2O3S. The van der Waals surface area contributed by atoms with Crippen molar-refractivity contribution in [2.24, 2.45) is 0 Å². The molecule has 106 valence electrons. The Bertz CT molecular complexity index is 785. The van der Waals surface area contributed by atoms with E-state index in [0.29, 0.717) is 17.5 Å². The minimum atomic E-state index is -0.853. The molecule has 0 aliphatic rings. The molecule has 21 heavy (non-hydrogen) atoms. The number of thioether (sulfide) groups is 1. The van der Waals surface area contributed by atoms with Gasteiger partial charge in [-0.15, -0.1) is 11.8 Å². The third kappa shape index (κ3) is 3.22. The van der Waals surface area contributed by atoms with Crippen molar-refractivity contribution in [2.75, 3.05) is 5.75 Å². The molecule has 0 spiro atoms. The zero-order valence-electron chi connectivity index (χ0n) is 11.0. The molecule has 1 aromatic heterocycles. The van der Waals surface area contributed by atoms with Gasteiger partial charge < -0.3 is 9.63 Å². The predicted octanol–water partition coefficient (Wildman–Crippen LogP) is 3.21. The largest absolute Gasteiger partial charge is 0.481 e. The van der Waals surface area contributed by atoms with Gasteiger partial charge in [-0.3, -0.25) is 4.79 Å². The Morgan fingerprint density at radius 1 is 1.19 bits per heavy atom. The van der Waals surface area contributed by atoms with Gasteiger partial charge in [-0.05, 0) is 16.8 Å². The average Bonchev–Trinajstić information content (AvgIpc) is 2.95. The first-order valence-electron chi connectivity index (χ1n) is 6.34. The van der Waals surface area contributed by atoms with Crippen LogP contribution in [0, 0.1) is 0 Å². The predicted molar refractivity (Wildman–Crippen MR) is 81.0 cm³/mol. The van der Waals surface area contributed by atoms with E-state index in [1.807, 2.05) is 42.5 Å². The Labute approximate surface area is 125 Å². The number of benzene rings is 2. The van der Waals surface area contributed by atoms with Crippen LogP contribution in [0.3, 0.4) is 0 Å². The van der Waals surface area contributed by atoms with Gasteiger partial charge in [0.1, 0.15) is 0 Å². The van der Waals surface area contributed by atoms with Crippen LogP contribution in [0.5, 0.6) is 0 Å². The number of rotatable bonds is 5. The van der Waals surface area contributed by atoms with E-state index in [4.69, 9.17) is 9.63 Å². The van der Waals surface area contributed by atoms with Crippen LogP contribution in [0.1, 0.15) is 5.89 Å². The molecule has 0 unspecified atom stereocenters. The molecule has 0 aliphatic heterocycles. The minimum absolute atomic E-state index is 0.0215. The highest BCUT2D eigenvalue weighted by Crippen LogP contribution is 2.23. The molecule has 0 bridgehead atoms. The lowest BCUT2D eigenvalue weighted by Gasteiger charge is -1.99. The Kier molecular flexibility index (Phi) is 3.87. The topological polar surface area (TPSA) is 76.2 Å². The van der Waals surface area contributed by atoms with E-state index < -0.39 is 5.97 Å². The van der Waals surface area contributed by atoms with Crippen LogP contribution in [0.4, 0.5) is 0 Å². The van der Waals surface area contributed by atoms with E-state index in [-0.39, 0.29) is 5.75 Å². The molecule has 0 fully saturated rings. The standard InChI is InChI=1S/C15H12N2O3S/c18-14(19)9-21-8-13-16-15(17-20-13)12-6-5-10-3-1-2-4-11(10)7-12/h1-7H,8-9H2,(H,18,19). The summed E-state index contributed by atoms with van der Waals surface area (Å²) in [5, 5.41) is 14.8. The van der Waals surface area contributed by atoms with Gasteiger partial charge >= 0.3 is 5.97 Å². The van der Waals surface area contributed by atoms with Crippen LogP contribution in [-0.4, -0.2) is 27.0 Å². The lowest BCUT2D eigenvalue weighted by atomic mass is 10.1. The van der Waals surface area contributed by atoms with E-state index in [9.17, 15) is 4.79 Å². The molecule has 3 rings (SSSR count). The molecular weight excluding hydrogens is 288 g/mol. The van der Waals surface area contributed by atoms with Crippen molar-refractivity contribution in [1.29, 1.82) is 0 Å². The molecule has 1 heterocycles. The summed E-state index contributed by atoms with van der Waals surface area (Å²) in [6.07, 6.45) is 0. The van der Waals surface area contributed by atoms with Crippen LogP contribution < -0.4 is 0 Å². The van der Waals surface area contributed by atoms with Gasteiger partial charge in [-0.2, -0.15) is 4.98 Å². The number of nitrogens with zero attached hydrogens (tertiary/aromatic N) is 2. The van der Waals surface area contributed by atoms with Crippen LogP contribution in [0.2, 0.25) is 0 Å². The van der Waals surface area contributed by atoms with E-state index in [0.717, 1.165) is 16.3 Å². The highest BCUT2D eigenvalue weighted by atomic mass is 32.2. The fraction of sp³-hybridized carbons (Fsp3) is 0.133. The van der Waals surface area contributed by atoms with Crippen molar-refractivity contribution in [3.63, 3.8) is 0 Å². The lowest BCUT2D eigenvalue weighted by molar-refractivity contribution is -0.133. The summed E-state index contributed by atoms with van der Waals surface area (Å²) >= 11 is 1.23. The maximum Gasteiger partial charge on any atom is 0.313 e. The van der Waals surface area contributed by atoms with Gasteiger partial charge in [0.15, 0.2) is 0 Å². The quantitative estimate of drug-likeness (QED) is 0.779. The first-order valence-corrected chi connectivity index (χ1v) is 7.49. The van der Waals surface area contributed by atoms with E-state index >= 15 is 0 Å². The highest BCUT2D eigenvalue weighted by molar-refractivity contribution is 7.99. The van der Waals surface area contributed by atoms with Crippen LogP contribution in [0.25, 0.3) is 22.2 Å². The smallest absolute Gasteiger partial charge is 0.313 e. The summed E-state index contributed by atoms with van der Waals surface area (Å²) in [6.45, 7) is 0. The normalized spacial score (nSPS) is 10.9. The first-order chi connectivity index (χ1) is 10.2. The van der Waals surface area contributed by atoms with Gasteiger partial charge in [0.2, 0.25) is 11.7 Å². The zero-order chi connectivity index (χ0) is 14.7. The molecule has 6 heteroatoms. The summed E-state index contributed by atoms with van der Waals surface area (Å²) in [6, 6.07) is 14.0. The van der Waals surface area contributed by atoms with Crippen molar-refractivity contribution in [3.8, 4) is 11.4 Å². The number of aromatic nitrogens is 2. The molecule has 1 N–H and O–H groups in total. The number of aliphatic carboxylic acids is 1. The van der Waals surface area contributed by atoms with Gasteiger partial charge in [0, 0.05) is 5.56 Å². The Hall–Kier alpha value is -2.34. The average molecular weight is 300 g/mol. The number of carboxylic acids is 1. The SMILES string of the molecule is O=C(O)CSCc1nc(-c2ccc3ccccc3c2)no1. The molecule has 5 nitrogen and oxygen atoms in total. The Morgan fingerprint density at radius 2 is 2.00 bits per heavy atom. The maximum absolute atomic E-state index is 10.5. The molecule has 3 aromatic rings. The van der Waals surface area contributed by atoms with Gasteiger partial charge in [-0.1, -0.05) is 41.6 Å². The van der Waals surface area contributed by atoms with Crippen molar-refractivity contribution in [3.05, 3.63) is 48.4 Å². The Balaban J connectivity index is 1.79. The summed E-state index contributed by atoms with van der Waals surface area (Å²) < 4.78 is 5.14. The highest BCUT2D eigenvalue weighted by Gasteiger charge is 2.10. The van der Waals surface area contributed by atoms with Crippen molar-refractivity contribution in [1.82, 2.24) is 10.1 Å². The third-order valence-corrected chi connectivity index (χ3v) is 3.83. The number of carbonyl (C=O) groups is 1. The van der Waals surface area contributed by atoms with Crippen molar-refractivity contribution < 1.29 is 14.4 Å². The minimum Gasteiger partial charge on any atom is -0.481 e. The monoisotopic (exact) mass is 300 g/mol. The summed E-state index contributed by atoms with van der Waals surface area (Å²) in [7, 11) is 0. The molecule has 0 amide bonds. The number of carboxylic acid groups (broad SMARTS) is 1. The lowest BCUT2D eigenvalue weighted by Crippen LogP contribution is -1.98.